The fourth-order valence-electron chi connectivity index (χ4n) is 4.48. The Morgan fingerprint density at radius 2 is 1.69 bits per heavy atom. The Labute approximate surface area is 210 Å². The molecule has 0 spiro atoms. The molecule has 1 fully saturated rings. The lowest BCUT2D eigenvalue weighted by Crippen LogP contribution is -2.45. The third-order valence-electron chi connectivity index (χ3n) is 6.64. The number of hydrogen-bond acceptors (Lipinski definition) is 6. The number of amides is 1. The van der Waals surface area contributed by atoms with Crippen molar-refractivity contribution in [2.75, 3.05) is 56.6 Å². The first-order chi connectivity index (χ1) is 17.3. The molecule has 1 amide bonds. The molecule has 0 saturated carbocycles. The lowest BCUT2D eigenvalue weighted by Gasteiger charge is -2.35. The second kappa shape index (κ2) is 10.7. The fraction of sp³-hybridized carbons (Fsp3) is 0.296. The Morgan fingerprint density at radius 3 is 2.33 bits per heavy atom. The molecular formula is C27H31N5O4. The lowest BCUT2D eigenvalue weighted by atomic mass is 10.1. The van der Waals surface area contributed by atoms with Gasteiger partial charge in [-0.25, -0.2) is 4.79 Å². The van der Waals surface area contributed by atoms with E-state index < -0.39 is 17.4 Å². The van der Waals surface area contributed by atoms with Gasteiger partial charge in [-0.2, -0.15) is 0 Å². The molecule has 1 aliphatic heterocycles. The number of aromatic carboxylic acids is 1. The van der Waals surface area contributed by atoms with Crippen LogP contribution in [-0.4, -0.2) is 73.3 Å². The van der Waals surface area contributed by atoms with E-state index in [0.29, 0.717) is 48.7 Å². The van der Waals surface area contributed by atoms with Crippen molar-refractivity contribution in [2.45, 2.75) is 6.42 Å². The molecule has 0 aliphatic carbocycles. The average molecular weight is 490 g/mol. The second-order valence-corrected chi connectivity index (χ2v) is 9.07. The third-order valence-corrected chi connectivity index (χ3v) is 6.64. The van der Waals surface area contributed by atoms with Gasteiger partial charge in [-0.3, -0.25) is 14.2 Å². The molecule has 2 aromatic carbocycles. The van der Waals surface area contributed by atoms with Crippen LogP contribution >= 0.6 is 0 Å². The van der Waals surface area contributed by atoms with Crippen molar-refractivity contribution in [1.82, 2.24) is 9.47 Å². The molecule has 36 heavy (non-hydrogen) atoms. The average Bonchev–Trinajstić information content (AvgIpc) is 2.87. The van der Waals surface area contributed by atoms with Crippen molar-refractivity contribution >= 4 is 23.3 Å². The van der Waals surface area contributed by atoms with Crippen molar-refractivity contribution in [1.29, 1.82) is 0 Å². The number of carboxylic acid groups (broad SMARTS) is 1. The number of anilines is 2. The number of pyridine rings is 1. The van der Waals surface area contributed by atoms with Crippen LogP contribution in [0.1, 0.15) is 26.3 Å². The highest BCUT2D eigenvalue weighted by Gasteiger charge is 2.24. The topological polar surface area (TPSA) is 112 Å². The van der Waals surface area contributed by atoms with E-state index in [1.54, 1.807) is 42.4 Å². The van der Waals surface area contributed by atoms with Gasteiger partial charge < -0.3 is 25.5 Å². The molecule has 0 unspecified atom stereocenters. The van der Waals surface area contributed by atoms with Gasteiger partial charge in [0.15, 0.2) is 0 Å². The summed E-state index contributed by atoms with van der Waals surface area (Å²) in [5.74, 6) is -1.85. The number of aromatic nitrogens is 1. The number of carbonyl (C=O) groups is 2. The molecule has 1 saturated heterocycles. The molecule has 0 radical (unpaired) electrons. The van der Waals surface area contributed by atoms with Crippen LogP contribution in [0.3, 0.4) is 0 Å². The molecule has 2 heterocycles. The van der Waals surface area contributed by atoms with E-state index >= 15 is 0 Å². The predicted octanol–water partition coefficient (Wildman–Crippen LogP) is 2.07. The van der Waals surface area contributed by atoms with Gasteiger partial charge in [-0.05, 0) is 43.3 Å². The standard InChI is InChI=1S/C27H31N5O4/c1-29-14-16-31(17-15-29)23-18-20(25(28)33)8-9-21(23)32-13-11-22(24(26(32)34)27(35)36)30(2)12-10-19-6-4-3-5-7-19/h3-9,11,13,18H,10,12,14-17H2,1-2H3,(H2,28,33)(H,35,36). The molecule has 1 aliphatic rings. The molecule has 9 nitrogen and oxygen atoms in total. The van der Waals surface area contributed by atoms with E-state index in [0.717, 1.165) is 18.7 Å². The molecule has 188 valence electrons. The molecule has 0 atom stereocenters. The lowest BCUT2D eigenvalue weighted by molar-refractivity contribution is 0.0695. The first-order valence-corrected chi connectivity index (χ1v) is 11.9. The van der Waals surface area contributed by atoms with Crippen LogP contribution in [0.5, 0.6) is 0 Å². The number of benzene rings is 2. The van der Waals surface area contributed by atoms with Gasteiger partial charge in [0.2, 0.25) is 5.91 Å². The minimum absolute atomic E-state index is 0.295. The van der Waals surface area contributed by atoms with Gasteiger partial charge in [0.1, 0.15) is 5.56 Å². The van der Waals surface area contributed by atoms with Crippen molar-refractivity contribution < 1.29 is 14.7 Å². The summed E-state index contributed by atoms with van der Waals surface area (Å²) >= 11 is 0. The van der Waals surface area contributed by atoms with E-state index in [1.165, 1.54) is 4.57 Å². The maximum Gasteiger partial charge on any atom is 0.343 e. The van der Waals surface area contributed by atoms with Crippen LogP contribution in [0.25, 0.3) is 5.69 Å². The SMILES string of the molecule is CN1CCN(c2cc(C(N)=O)ccc2-n2ccc(N(C)CCc3ccccc3)c(C(=O)O)c2=O)CC1. The van der Waals surface area contributed by atoms with Crippen molar-refractivity contribution in [2.24, 2.45) is 5.73 Å². The quantitative estimate of drug-likeness (QED) is 0.498. The molecule has 1 aromatic heterocycles. The summed E-state index contributed by atoms with van der Waals surface area (Å²) in [6.45, 7) is 3.59. The number of carboxylic acids is 1. The van der Waals surface area contributed by atoms with Crippen molar-refractivity contribution in [3.05, 3.63) is 87.8 Å². The second-order valence-electron chi connectivity index (χ2n) is 9.07. The maximum absolute atomic E-state index is 13.6. The van der Waals surface area contributed by atoms with Crippen LogP contribution in [-0.2, 0) is 6.42 Å². The van der Waals surface area contributed by atoms with Gasteiger partial charge in [-0.15, -0.1) is 0 Å². The molecule has 0 bridgehead atoms. The fourth-order valence-corrected chi connectivity index (χ4v) is 4.48. The van der Waals surface area contributed by atoms with Gasteiger partial charge >= 0.3 is 5.97 Å². The Morgan fingerprint density at radius 1 is 1.00 bits per heavy atom. The van der Waals surface area contributed by atoms with Gasteiger partial charge in [0, 0.05) is 51.5 Å². The van der Waals surface area contributed by atoms with Crippen LogP contribution in [0.2, 0.25) is 0 Å². The molecule has 4 rings (SSSR count). The smallest absolute Gasteiger partial charge is 0.343 e. The van der Waals surface area contributed by atoms with Crippen molar-refractivity contribution in [3.63, 3.8) is 0 Å². The summed E-state index contributed by atoms with van der Waals surface area (Å²) in [6, 6.07) is 16.4. The zero-order valence-corrected chi connectivity index (χ0v) is 20.6. The van der Waals surface area contributed by atoms with Gasteiger partial charge in [0.25, 0.3) is 5.56 Å². The number of hydrogen-bond donors (Lipinski definition) is 2. The minimum atomic E-state index is -1.29. The molecule has 3 aromatic rings. The van der Waals surface area contributed by atoms with E-state index in [4.69, 9.17) is 5.73 Å². The monoisotopic (exact) mass is 489 g/mol. The number of piperazine rings is 1. The number of rotatable bonds is 8. The summed E-state index contributed by atoms with van der Waals surface area (Å²) in [5, 5.41) is 10.00. The third kappa shape index (κ3) is 5.26. The summed E-state index contributed by atoms with van der Waals surface area (Å²) < 4.78 is 1.34. The van der Waals surface area contributed by atoms with E-state index in [-0.39, 0.29) is 5.56 Å². The maximum atomic E-state index is 13.6. The highest BCUT2D eigenvalue weighted by Crippen LogP contribution is 2.28. The number of nitrogens with two attached hydrogens (primary N) is 1. The highest BCUT2D eigenvalue weighted by molar-refractivity contribution is 5.95. The van der Waals surface area contributed by atoms with E-state index in [9.17, 15) is 19.5 Å². The normalized spacial score (nSPS) is 14.0. The first-order valence-electron chi connectivity index (χ1n) is 11.9. The predicted molar refractivity (Wildman–Crippen MR) is 141 cm³/mol. The Balaban J connectivity index is 1.74. The van der Waals surface area contributed by atoms with Crippen molar-refractivity contribution in [3.8, 4) is 5.69 Å². The number of likely N-dealkylation sites (N-methyl/N-ethyl adjacent to an activating group) is 2. The Bertz CT molecular complexity index is 1310. The summed E-state index contributed by atoms with van der Waals surface area (Å²) in [7, 11) is 3.82. The minimum Gasteiger partial charge on any atom is -0.477 e. The Kier molecular flexibility index (Phi) is 7.40. The number of nitrogens with zero attached hydrogens (tertiary/aromatic N) is 4. The zero-order valence-electron chi connectivity index (χ0n) is 20.6. The summed E-state index contributed by atoms with van der Waals surface area (Å²) in [4.78, 5) is 43.8. The van der Waals surface area contributed by atoms with E-state index in [2.05, 4.69) is 9.80 Å². The zero-order chi connectivity index (χ0) is 25.8. The largest absolute Gasteiger partial charge is 0.477 e. The van der Waals surface area contributed by atoms with Crippen LogP contribution in [0, 0.1) is 0 Å². The number of primary amides is 1. The van der Waals surface area contributed by atoms with Crippen LogP contribution < -0.4 is 21.1 Å². The number of carbonyl (C=O) groups excluding carboxylic acids is 1. The molecule has 9 heteroatoms. The van der Waals surface area contributed by atoms with E-state index in [1.807, 2.05) is 37.4 Å². The summed E-state index contributed by atoms with van der Waals surface area (Å²) in [6.07, 6.45) is 2.31. The van der Waals surface area contributed by atoms with Crippen LogP contribution in [0.4, 0.5) is 11.4 Å². The Hall–Kier alpha value is -4.11. The molecular weight excluding hydrogens is 458 g/mol. The first kappa shape index (κ1) is 25.0. The van der Waals surface area contributed by atoms with Crippen LogP contribution in [0.15, 0.2) is 65.6 Å². The van der Waals surface area contributed by atoms with Gasteiger partial charge in [0.05, 0.1) is 17.1 Å². The molecule has 3 N–H and O–H groups in total. The summed E-state index contributed by atoms with van der Waals surface area (Å²) in [5.41, 5.74) is 7.59. The van der Waals surface area contributed by atoms with Gasteiger partial charge in [-0.1, -0.05) is 30.3 Å². The highest BCUT2D eigenvalue weighted by atomic mass is 16.4.